The molecule has 1 fully saturated rings. The molecule has 4 rings (SSSR count). The molecule has 29 heavy (non-hydrogen) atoms. The number of ether oxygens (including phenoxy) is 1. The van der Waals surface area contributed by atoms with Crippen molar-refractivity contribution in [2.75, 3.05) is 24.8 Å². The quantitative estimate of drug-likeness (QED) is 0.494. The van der Waals surface area contributed by atoms with Crippen LogP contribution < -0.4 is 20.7 Å². The van der Waals surface area contributed by atoms with E-state index >= 15 is 0 Å². The molecule has 0 radical (unpaired) electrons. The van der Waals surface area contributed by atoms with E-state index in [1.54, 1.807) is 37.0 Å². The summed E-state index contributed by atoms with van der Waals surface area (Å²) in [5.74, 6) is 1.35. The Morgan fingerprint density at radius 1 is 1.38 bits per heavy atom. The van der Waals surface area contributed by atoms with E-state index in [9.17, 15) is 9.90 Å². The lowest BCUT2D eigenvalue weighted by molar-refractivity contribution is 0.0935. The van der Waals surface area contributed by atoms with Crippen molar-refractivity contribution in [3.63, 3.8) is 0 Å². The van der Waals surface area contributed by atoms with Gasteiger partial charge in [0.15, 0.2) is 5.65 Å². The Balaban J connectivity index is 1.67. The van der Waals surface area contributed by atoms with Crippen molar-refractivity contribution >= 4 is 28.9 Å². The van der Waals surface area contributed by atoms with Crippen LogP contribution in [-0.4, -0.2) is 56.9 Å². The summed E-state index contributed by atoms with van der Waals surface area (Å²) in [6.45, 7) is 0. The minimum Gasteiger partial charge on any atom is -0.480 e. The molecule has 10 nitrogen and oxygen atoms in total. The van der Waals surface area contributed by atoms with E-state index in [4.69, 9.17) is 4.74 Å². The van der Waals surface area contributed by atoms with Crippen LogP contribution in [-0.2, 0) is 0 Å². The number of hydrogen-bond donors (Lipinski definition) is 4. The van der Waals surface area contributed by atoms with Gasteiger partial charge in [0.25, 0.3) is 5.91 Å². The predicted octanol–water partition coefficient (Wildman–Crippen LogP) is 1.56. The van der Waals surface area contributed by atoms with Gasteiger partial charge in [-0.15, -0.1) is 0 Å². The highest BCUT2D eigenvalue weighted by molar-refractivity contribution is 6.00. The van der Waals surface area contributed by atoms with Crippen LogP contribution in [0.4, 0.5) is 17.3 Å². The van der Waals surface area contributed by atoms with Crippen LogP contribution in [0, 0.1) is 0 Å². The Morgan fingerprint density at radius 2 is 2.24 bits per heavy atom. The minimum atomic E-state index is -0.358. The standard InChI is InChI=1S/C19H23N7O3/c1-20-16-9-15(24-14-4-3-7-21-19(14)29-2)25-17-13(10-22-26(16)17)18(28)23-11-5-6-12(27)8-11/h3-4,7,9-12,20,27H,5-6,8H2,1-2H3,(H,23,28)(H,24,25)/t11?,12-/m0/s1. The van der Waals surface area contributed by atoms with Crippen molar-refractivity contribution < 1.29 is 14.6 Å². The summed E-state index contributed by atoms with van der Waals surface area (Å²) >= 11 is 0. The second-order valence-electron chi connectivity index (χ2n) is 6.89. The second kappa shape index (κ2) is 7.92. The van der Waals surface area contributed by atoms with Gasteiger partial charge in [0.1, 0.15) is 22.9 Å². The van der Waals surface area contributed by atoms with Gasteiger partial charge in [0.2, 0.25) is 5.88 Å². The smallest absolute Gasteiger partial charge is 0.256 e. The molecule has 3 heterocycles. The summed E-state index contributed by atoms with van der Waals surface area (Å²) in [6, 6.07) is 5.35. The van der Waals surface area contributed by atoms with Crippen LogP contribution in [0.25, 0.3) is 5.65 Å². The molecular formula is C19H23N7O3. The lowest BCUT2D eigenvalue weighted by atomic mass is 10.2. The Labute approximate surface area is 167 Å². The van der Waals surface area contributed by atoms with E-state index in [0.717, 1.165) is 6.42 Å². The number of rotatable bonds is 6. The normalized spacial score (nSPS) is 18.6. The van der Waals surface area contributed by atoms with E-state index in [0.29, 0.717) is 47.3 Å². The van der Waals surface area contributed by atoms with Gasteiger partial charge in [-0.05, 0) is 31.4 Å². The zero-order valence-electron chi connectivity index (χ0n) is 16.2. The first-order valence-electron chi connectivity index (χ1n) is 9.40. The highest BCUT2D eigenvalue weighted by atomic mass is 16.5. The fraction of sp³-hybridized carbons (Fsp3) is 0.368. The SMILES string of the molecule is CNc1cc(Nc2cccnc2OC)nc2c(C(=O)NC3CC[C@H](O)C3)cnn12. The molecule has 1 amide bonds. The molecule has 1 aliphatic carbocycles. The topological polar surface area (TPSA) is 126 Å². The number of aliphatic hydroxyl groups excluding tert-OH is 1. The van der Waals surface area contributed by atoms with Gasteiger partial charge in [0, 0.05) is 25.4 Å². The molecule has 0 bridgehead atoms. The average Bonchev–Trinajstić information content (AvgIpc) is 3.33. The number of aliphatic hydroxyl groups is 1. The summed E-state index contributed by atoms with van der Waals surface area (Å²) in [7, 11) is 3.31. The third-order valence-corrected chi connectivity index (χ3v) is 4.94. The van der Waals surface area contributed by atoms with E-state index < -0.39 is 0 Å². The highest BCUT2D eigenvalue weighted by Crippen LogP contribution is 2.26. The predicted molar refractivity (Wildman–Crippen MR) is 108 cm³/mol. The van der Waals surface area contributed by atoms with Crippen LogP contribution in [0.3, 0.4) is 0 Å². The first kappa shape index (κ1) is 18.9. The molecule has 2 atom stereocenters. The maximum atomic E-state index is 12.8. The molecule has 4 N–H and O–H groups in total. The Kier molecular flexibility index (Phi) is 5.17. The van der Waals surface area contributed by atoms with Gasteiger partial charge in [0.05, 0.1) is 19.4 Å². The van der Waals surface area contributed by atoms with E-state index in [-0.39, 0.29) is 18.1 Å². The van der Waals surface area contributed by atoms with Gasteiger partial charge >= 0.3 is 0 Å². The molecular weight excluding hydrogens is 374 g/mol. The number of methoxy groups -OCH3 is 1. The fourth-order valence-electron chi connectivity index (χ4n) is 3.50. The number of carbonyl (C=O) groups excluding carboxylic acids is 1. The maximum Gasteiger partial charge on any atom is 0.256 e. The molecule has 3 aromatic heterocycles. The number of carbonyl (C=O) groups is 1. The Hall–Kier alpha value is -3.40. The molecule has 0 saturated heterocycles. The minimum absolute atomic E-state index is 0.0443. The highest BCUT2D eigenvalue weighted by Gasteiger charge is 2.26. The van der Waals surface area contributed by atoms with Crippen LogP contribution in [0.2, 0.25) is 0 Å². The van der Waals surface area contributed by atoms with Gasteiger partial charge in [-0.1, -0.05) is 0 Å². The number of anilines is 3. The number of hydrogen-bond acceptors (Lipinski definition) is 8. The van der Waals surface area contributed by atoms with Crippen molar-refractivity contribution in [3.8, 4) is 5.88 Å². The van der Waals surface area contributed by atoms with Gasteiger partial charge in [-0.3, -0.25) is 4.79 Å². The number of fused-ring (bicyclic) bond motifs is 1. The van der Waals surface area contributed by atoms with Crippen molar-refractivity contribution in [2.24, 2.45) is 0 Å². The third-order valence-electron chi connectivity index (χ3n) is 4.94. The summed E-state index contributed by atoms with van der Waals surface area (Å²) in [6.07, 6.45) is 4.80. The molecule has 0 spiro atoms. The maximum absolute atomic E-state index is 12.8. The monoisotopic (exact) mass is 397 g/mol. The average molecular weight is 397 g/mol. The summed E-state index contributed by atoms with van der Waals surface area (Å²) in [5, 5.41) is 23.2. The lowest BCUT2D eigenvalue weighted by Crippen LogP contribution is -2.33. The van der Waals surface area contributed by atoms with Crippen molar-refractivity contribution in [1.29, 1.82) is 0 Å². The van der Waals surface area contributed by atoms with Crippen molar-refractivity contribution in [2.45, 2.75) is 31.4 Å². The number of amides is 1. The molecule has 1 unspecified atom stereocenters. The van der Waals surface area contributed by atoms with Crippen LogP contribution >= 0.6 is 0 Å². The van der Waals surface area contributed by atoms with Crippen LogP contribution in [0.15, 0.2) is 30.6 Å². The van der Waals surface area contributed by atoms with Crippen molar-refractivity contribution in [3.05, 3.63) is 36.2 Å². The Morgan fingerprint density at radius 3 is 2.97 bits per heavy atom. The molecule has 3 aromatic rings. The van der Waals surface area contributed by atoms with Crippen molar-refractivity contribution in [1.82, 2.24) is 24.9 Å². The van der Waals surface area contributed by atoms with Crippen LogP contribution in [0.5, 0.6) is 5.88 Å². The Bertz CT molecular complexity index is 1040. The number of pyridine rings is 1. The van der Waals surface area contributed by atoms with Crippen LogP contribution in [0.1, 0.15) is 29.6 Å². The van der Waals surface area contributed by atoms with E-state index in [1.807, 2.05) is 6.07 Å². The molecule has 10 heteroatoms. The summed E-state index contributed by atoms with van der Waals surface area (Å²) in [4.78, 5) is 21.5. The molecule has 1 aliphatic rings. The van der Waals surface area contributed by atoms with Gasteiger partial charge in [-0.25, -0.2) is 9.97 Å². The molecule has 1 saturated carbocycles. The fourth-order valence-corrected chi connectivity index (χ4v) is 3.50. The number of nitrogens with zero attached hydrogens (tertiary/aromatic N) is 4. The summed E-state index contributed by atoms with van der Waals surface area (Å²) < 4.78 is 6.85. The van der Waals surface area contributed by atoms with Gasteiger partial charge < -0.3 is 25.8 Å². The second-order valence-corrected chi connectivity index (χ2v) is 6.89. The first-order chi connectivity index (χ1) is 14.1. The largest absolute Gasteiger partial charge is 0.480 e. The molecule has 0 aromatic carbocycles. The van der Waals surface area contributed by atoms with E-state index in [1.165, 1.54) is 6.20 Å². The number of nitrogens with one attached hydrogen (secondary N) is 3. The number of aromatic nitrogens is 4. The third kappa shape index (κ3) is 3.79. The van der Waals surface area contributed by atoms with Gasteiger partial charge in [-0.2, -0.15) is 9.61 Å². The summed E-state index contributed by atoms with van der Waals surface area (Å²) in [5.41, 5.74) is 1.43. The molecule has 0 aliphatic heterocycles. The molecule has 152 valence electrons. The first-order valence-corrected chi connectivity index (χ1v) is 9.40. The zero-order valence-corrected chi connectivity index (χ0v) is 16.2. The zero-order chi connectivity index (χ0) is 20.4. The van der Waals surface area contributed by atoms with E-state index in [2.05, 4.69) is 31.0 Å². The lowest BCUT2D eigenvalue weighted by Gasteiger charge is -2.13.